The second-order valence-corrected chi connectivity index (χ2v) is 11.7. The minimum atomic E-state index is -1.29. The van der Waals surface area contributed by atoms with Crippen molar-refractivity contribution in [2.24, 2.45) is 0 Å². The van der Waals surface area contributed by atoms with Gasteiger partial charge in [0.05, 0.1) is 12.6 Å². The van der Waals surface area contributed by atoms with Crippen molar-refractivity contribution in [3.8, 4) is 11.4 Å². The molecule has 0 amide bonds. The molecular formula is C14H20FN3OSi. The lowest BCUT2D eigenvalue weighted by atomic mass is 10.2. The van der Waals surface area contributed by atoms with E-state index >= 15 is 0 Å². The molecule has 0 aliphatic rings. The van der Waals surface area contributed by atoms with Crippen LogP contribution in [0.4, 0.5) is 4.39 Å². The van der Waals surface area contributed by atoms with Crippen molar-refractivity contribution in [1.29, 1.82) is 0 Å². The highest BCUT2D eigenvalue weighted by atomic mass is 28.3. The van der Waals surface area contributed by atoms with E-state index in [-0.39, 0.29) is 5.82 Å². The Labute approximate surface area is 119 Å². The molecule has 20 heavy (non-hydrogen) atoms. The summed E-state index contributed by atoms with van der Waals surface area (Å²) in [5, 5.41) is 14.4. The molecule has 2 rings (SSSR count). The van der Waals surface area contributed by atoms with Crippen LogP contribution in [-0.4, -0.2) is 34.0 Å². The first-order valence-corrected chi connectivity index (χ1v) is 10.4. The Bertz CT molecular complexity index is 563. The molecule has 0 saturated heterocycles. The zero-order valence-electron chi connectivity index (χ0n) is 12.0. The molecule has 0 radical (unpaired) electrons. The minimum Gasteiger partial charge on any atom is -0.391 e. The molecule has 0 saturated carbocycles. The van der Waals surface area contributed by atoms with Crippen molar-refractivity contribution in [2.75, 3.05) is 0 Å². The summed E-state index contributed by atoms with van der Waals surface area (Å²) in [6.45, 7) is 7.11. The number of aliphatic hydroxyl groups is 1. The summed E-state index contributed by atoms with van der Waals surface area (Å²) in [5.41, 5.74) is 0.768. The molecule has 1 unspecified atom stereocenters. The zero-order chi connectivity index (χ0) is 14.8. The standard InChI is InChI=1S/C14H20FN3OSi/c1-20(2,3)9-13(19)8-18-10-16-14(17-18)11-4-6-12(15)7-5-11/h4-7,10,13,19H,8-9H2,1-3H3. The number of aliphatic hydroxyl groups excluding tert-OH is 1. The van der Waals surface area contributed by atoms with Gasteiger partial charge in [0.1, 0.15) is 12.1 Å². The summed E-state index contributed by atoms with van der Waals surface area (Å²) in [6, 6.07) is 6.89. The van der Waals surface area contributed by atoms with Crippen LogP contribution in [0.5, 0.6) is 0 Å². The third-order valence-electron chi connectivity index (χ3n) is 2.88. The first-order valence-electron chi connectivity index (χ1n) is 6.67. The van der Waals surface area contributed by atoms with E-state index in [1.165, 1.54) is 12.1 Å². The molecule has 0 fully saturated rings. The van der Waals surface area contributed by atoms with Gasteiger partial charge in [-0.1, -0.05) is 19.6 Å². The van der Waals surface area contributed by atoms with Crippen LogP contribution < -0.4 is 0 Å². The van der Waals surface area contributed by atoms with E-state index in [4.69, 9.17) is 0 Å². The van der Waals surface area contributed by atoms with Crippen LogP contribution in [0.15, 0.2) is 30.6 Å². The number of benzene rings is 1. The number of hydrogen-bond donors (Lipinski definition) is 1. The third kappa shape index (κ3) is 4.24. The van der Waals surface area contributed by atoms with Gasteiger partial charge in [0.2, 0.25) is 0 Å². The Hall–Kier alpha value is -1.53. The predicted octanol–water partition coefficient (Wildman–Crippen LogP) is 2.78. The van der Waals surface area contributed by atoms with Crippen LogP contribution in [0, 0.1) is 5.82 Å². The monoisotopic (exact) mass is 293 g/mol. The first kappa shape index (κ1) is 14.9. The van der Waals surface area contributed by atoms with Crippen LogP contribution in [0.2, 0.25) is 25.7 Å². The maximum atomic E-state index is 12.9. The van der Waals surface area contributed by atoms with Gasteiger partial charge in [-0.2, -0.15) is 5.10 Å². The Morgan fingerprint density at radius 3 is 2.50 bits per heavy atom. The maximum Gasteiger partial charge on any atom is 0.181 e. The van der Waals surface area contributed by atoms with Crippen LogP contribution in [-0.2, 0) is 6.54 Å². The van der Waals surface area contributed by atoms with E-state index in [2.05, 4.69) is 29.7 Å². The number of nitrogens with zero attached hydrogens (tertiary/aromatic N) is 3. The van der Waals surface area contributed by atoms with E-state index in [0.29, 0.717) is 12.4 Å². The summed E-state index contributed by atoms with van der Waals surface area (Å²) >= 11 is 0. The van der Waals surface area contributed by atoms with Gasteiger partial charge in [-0.25, -0.2) is 14.1 Å². The van der Waals surface area contributed by atoms with Gasteiger partial charge >= 0.3 is 0 Å². The fourth-order valence-electron chi connectivity index (χ4n) is 2.10. The van der Waals surface area contributed by atoms with Crippen molar-refractivity contribution in [3.05, 3.63) is 36.4 Å². The molecule has 2 aromatic rings. The Morgan fingerprint density at radius 1 is 1.25 bits per heavy atom. The lowest BCUT2D eigenvalue weighted by Crippen LogP contribution is -2.29. The van der Waals surface area contributed by atoms with E-state index < -0.39 is 14.2 Å². The summed E-state index contributed by atoms with van der Waals surface area (Å²) in [7, 11) is -1.29. The number of aromatic nitrogens is 3. The third-order valence-corrected chi connectivity index (χ3v) is 4.58. The van der Waals surface area contributed by atoms with E-state index in [1.807, 2.05) is 0 Å². The molecular weight excluding hydrogens is 273 g/mol. The second-order valence-electron chi connectivity index (χ2n) is 6.22. The largest absolute Gasteiger partial charge is 0.391 e. The van der Waals surface area contributed by atoms with Gasteiger partial charge < -0.3 is 5.11 Å². The zero-order valence-corrected chi connectivity index (χ0v) is 13.0. The lowest BCUT2D eigenvalue weighted by Gasteiger charge is -2.20. The molecule has 1 N–H and O–H groups in total. The molecule has 108 valence electrons. The van der Waals surface area contributed by atoms with Crippen molar-refractivity contribution in [2.45, 2.75) is 38.3 Å². The van der Waals surface area contributed by atoms with E-state index in [1.54, 1.807) is 23.1 Å². The smallest absolute Gasteiger partial charge is 0.181 e. The molecule has 6 heteroatoms. The van der Waals surface area contributed by atoms with Gasteiger partial charge in [0, 0.05) is 13.6 Å². The number of rotatable bonds is 5. The fourth-order valence-corrected chi connectivity index (χ4v) is 3.64. The van der Waals surface area contributed by atoms with Crippen LogP contribution in [0.25, 0.3) is 11.4 Å². The molecule has 1 aromatic heterocycles. The normalized spacial score (nSPS) is 13.4. The van der Waals surface area contributed by atoms with Crippen molar-refractivity contribution < 1.29 is 9.50 Å². The average molecular weight is 293 g/mol. The average Bonchev–Trinajstić information content (AvgIpc) is 2.75. The van der Waals surface area contributed by atoms with Crippen molar-refractivity contribution in [1.82, 2.24) is 14.8 Å². The number of hydrogen-bond acceptors (Lipinski definition) is 3. The summed E-state index contributed by atoms with van der Waals surface area (Å²) in [6.07, 6.45) is 1.20. The van der Waals surface area contributed by atoms with Gasteiger partial charge in [-0.3, -0.25) is 0 Å². The molecule has 0 aliphatic heterocycles. The SMILES string of the molecule is C[Si](C)(C)CC(O)Cn1cnc(-c2ccc(F)cc2)n1. The Kier molecular flexibility index (Phi) is 4.34. The first-order chi connectivity index (χ1) is 9.33. The number of halogens is 1. The second kappa shape index (κ2) is 5.84. The molecule has 4 nitrogen and oxygen atoms in total. The highest BCUT2D eigenvalue weighted by Crippen LogP contribution is 2.16. The molecule has 0 aliphatic carbocycles. The summed E-state index contributed by atoms with van der Waals surface area (Å²) in [4.78, 5) is 4.20. The Balaban J connectivity index is 2.04. The fraction of sp³-hybridized carbons (Fsp3) is 0.429. The quantitative estimate of drug-likeness (QED) is 0.862. The van der Waals surface area contributed by atoms with Gasteiger partial charge in [-0.15, -0.1) is 0 Å². The van der Waals surface area contributed by atoms with Gasteiger partial charge in [0.15, 0.2) is 5.82 Å². The maximum absolute atomic E-state index is 12.9. The molecule has 0 bridgehead atoms. The highest BCUT2D eigenvalue weighted by Gasteiger charge is 2.19. The van der Waals surface area contributed by atoms with E-state index in [9.17, 15) is 9.50 Å². The molecule has 1 heterocycles. The minimum absolute atomic E-state index is 0.279. The predicted molar refractivity (Wildman–Crippen MR) is 79.6 cm³/mol. The topological polar surface area (TPSA) is 50.9 Å². The van der Waals surface area contributed by atoms with Crippen LogP contribution in [0.1, 0.15) is 0 Å². The molecule has 1 atom stereocenters. The highest BCUT2D eigenvalue weighted by molar-refractivity contribution is 6.76. The van der Waals surface area contributed by atoms with Gasteiger partial charge in [0.25, 0.3) is 0 Å². The van der Waals surface area contributed by atoms with E-state index in [0.717, 1.165) is 11.6 Å². The van der Waals surface area contributed by atoms with Crippen molar-refractivity contribution >= 4 is 8.07 Å². The van der Waals surface area contributed by atoms with Crippen LogP contribution in [0.3, 0.4) is 0 Å². The molecule has 1 aromatic carbocycles. The molecule has 0 spiro atoms. The lowest BCUT2D eigenvalue weighted by molar-refractivity contribution is 0.167. The Morgan fingerprint density at radius 2 is 1.90 bits per heavy atom. The van der Waals surface area contributed by atoms with Crippen molar-refractivity contribution in [3.63, 3.8) is 0 Å². The van der Waals surface area contributed by atoms with Crippen LogP contribution >= 0.6 is 0 Å². The van der Waals surface area contributed by atoms with Gasteiger partial charge in [-0.05, 0) is 30.3 Å². The summed E-state index contributed by atoms with van der Waals surface area (Å²) < 4.78 is 14.5. The summed E-state index contributed by atoms with van der Waals surface area (Å²) in [5.74, 6) is 0.268.